The molecule has 0 fully saturated rings. The second-order valence-electron chi connectivity index (χ2n) is 4.48. The zero-order valence-corrected chi connectivity index (χ0v) is 11.6. The van der Waals surface area contributed by atoms with Crippen LogP contribution in [-0.4, -0.2) is 17.3 Å². The molecule has 1 heterocycles. The van der Waals surface area contributed by atoms with Crippen LogP contribution in [0.25, 0.3) is 0 Å². The van der Waals surface area contributed by atoms with E-state index in [1.165, 1.54) is 13.0 Å². The van der Waals surface area contributed by atoms with Crippen molar-refractivity contribution >= 4 is 22.8 Å². The maximum atomic E-state index is 11.2. The minimum atomic E-state index is -0.513. The highest BCUT2D eigenvalue weighted by atomic mass is 32.1. The largest absolute Gasteiger partial charge is 0.479 e. The van der Waals surface area contributed by atoms with Crippen molar-refractivity contribution < 1.29 is 14.5 Å². The van der Waals surface area contributed by atoms with Crippen LogP contribution in [-0.2, 0) is 0 Å². The normalized spacial score (nSPS) is 10.7. The third-order valence-corrected chi connectivity index (χ3v) is 3.52. The van der Waals surface area contributed by atoms with E-state index < -0.39 is 4.92 Å². The lowest BCUT2D eigenvalue weighted by atomic mass is 10.1. The molecule has 100 valence electrons. The van der Waals surface area contributed by atoms with Gasteiger partial charge in [-0.05, 0) is 25.7 Å². The number of carbonyl (C=O) groups excluding carboxylic acids is 1. The molecule has 0 bridgehead atoms. The number of Topliss-reactive ketones (excluding diaryl/α,β-unsaturated/α-hetero) is 1. The van der Waals surface area contributed by atoms with Crippen LogP contribution in [0.5, 0.6) is 5.06 Å². The van der Waals surface area contributed by atoms with E-state index in [1.54, 1.807) is 0 Å². The summed E-state index contributed by atoms with van der Waals surface area (Å²) < 4.78 is 5.40. The van der Waals surface area contributed by atoms with Crippen molar-refractivity contribution in [1.82, 2.24) is 0 Å². The molecule has 18 heavy (non-hydrogen) atoms. The lowest BCUT2D eigenvalue weighted by molar-refractivity contribution is -0.385. The summed E-state index contributed by atoms with van der Waals surface area (Å²) in [6.45, 7) is 6.05. The van der Waals surface area contributed by atoms with Crippen molar-refractivity contribution in [2.45, 2.75) is 33.6 Å². The molecule has 0 aromatic carbocycles. The highest BCUT2D eigenvalue weighted by Crippen LogP contribution is 2.37. The van der Waals surface area contributed by atoms with Crippen molar-refractivity contribution in [2.24, 2.45) is 5.92 Å². The van der Waals surface area contributed by atoms with Gasteiger partial charge in [-0.1, -0.05) is 25.2 Å². The van der Waals surface area contributed by atoms with Crippen LogP contribution in [0.4, 0.5) is 5.69 Å². The van der Waals surface area contributed by atoms with Crippen LogP contribution in [0.1, 0.15) is 43.3 Å². The first-order chi connectivity index (χ1) is 8.41. The summed E-state index contributed by atoms with van der Waals surface area (Å²) in [5, 5.41) is 11.1. The predicted octanol–water partition coefficient (Wildman–Crippen LogP) is 3.67. The number of carbonyl (C=O) groups is 1. The van der Waals surface area contributed by atoms with E-state index in [0.717, 1.165) is 24.2 Å². The number of ether oxygens (including phenoxy) is 1. The quantitative estimate of drug-likeness (QED) is 0.328. The number of thiophene rings is 1. The number of nitro groups is 1. The molecule has 0 spiro atoms. The third kappa shape index (κ3) is 4.10. The van der Waals surface area contributed by atoms with Gasteiger partial charge in [0, 0.05) is 6.07 Å². The highest BCUT2D eigenvalue weighted by molar-refractivity contribution is 7.16. The van der Waals surface area contributed by atoms with Crippen LogP contribution in [0, 0.1) is 16.0 Å². The summed E-state index contributed by atoms with van der Waals surface area (Å²) in [4.78, 5) is 21.9. The number of ketones is 1. The van der Waals surface area contributed by atoms with Gasteiger partial charge in [-0.3, -0.25) is 14.9 Å². The molecule has 1 aromatic heterocycles. The Morgan fingerprint density at radius 3 is 2.72 bits per heavy atom. The third-order valence-electron chi connectivity index (χ3n) is 2.38. The van der Waals surface area contributed by atoms with Gasteiger partial charge in [-0.25, -0.2) is 0 Å². The molecule has 0 aliphatic heterocycles. The Morgan fingerprint density at radius 1 is 1.56 bits per heavy atom. The zero-order chi connectivity index (χ0) is 13.7. The van der Waals surface area contributed by atoms with Crippen LogP contribution in [0.15, 0.2) is 6.07 Å². The Labute approximate surface area is 110 Å². The fourth-order valence-corrected chi connectivity index (χ4v) is 2.32. The Hall–Kier alpha value is -1.43. The second-order valence-corrected chi connectivity index (χ2v) is 5.50. The average molecular weight is 271 g/mol. The van der Waals surface area contributed by atoms with Crippen molar-refractivity contribution in [1.29, 1.82) is 0 Å². The van der Waals surface area contributed by atoms with Crippen LogP contribution >= 0.6 is 11.3 Å². The van der Waals surface area contributed by atoms with Gasteiger partial charge in [0.05, 0.1) is 16.4 Å². The van der Waals surface area contributed by atoms with Gasteiger partial charge in [0.15, 0.2) is 5.78 Å². The topological polar surface area (TPSA) is 69.4 Å². The summed E-state index contributed by atoms with van der Waals surface area (Å²) in [6.07, 6.45) is 1.86. The minimum Gasteiger partial charge on any atom is -0.479 e. The number of nitrogens with zero attached hydrogens (tertiary/aromatic N) is 1. The number of rotatable bonds is 7. The van der Waals surface area contributed by atoms with Gasteiger partial charge >= 0.3 is 5.69 Å². The molecule has 1 rings (SSSR count). The maximum absolute atomic E-state index is 11.2. The zero-order valence-electron chi connectivity index (χ0n) is 10.8. The van der Waals surface area contributed by atoms with Gasteiger partial charge < -0.3 is 4.74 Å². The van der Waals surface area contributed by atoms with E-state index in [9.17, 15) is 14.9 Å². The molecule has 0 amide bonds. The first-order valence-electron chi connectivity index (χ1n) is 5.83. The number of hydrogen-bond acceptors (Lipinski definition) is 5. The molecule has 0 atom stereocenters. The summed E-state index contributed by atoms with van der Waals surface area (Å²) in [5.41, 5.74) is -0.116. The van der Waals surface area contributed by atoms with E-state index in [1.807, 2.05) is 0 Å². The lowest BCUT2D eigenvalue weighted by Gasteiger charge is -2.05. The van der Waals surface area contributed by atoms with E-state index in [2.05, 4.69) is 13.8 Å². The Kier molecular flexibility index (Phi) is 5.27. The Bertz CT molecular complexity index is 439. The monoisotopic (exact) mass is 271 g/mol. The van der Waals surface area contributed by atoms with Crippen LogP contribution < -0.4 is 4.74 Å². The standard InChI is InChI=1S/C12H17NO4S/c1-8(2)5-4-6-17-12-10(13(15)16)7-11(18-12)9(3)14/h7-8H,4-6H2,1-3H3. The molecule has 1 aromatic rings. The number of hydrogen-bond donors (Lipinski definition) is 0. The molecule has 5 nitrogen and oxygen atoms in total. The molecule has 0 saturated heterocycles. The second kappa shape index (κ2) is 6.49. The fraction of sp³-hybridized carbons (Fsp3) is 0.583. The average Bonchev–Trinajstić information content (AvgIpc) is 2.68. The molecule has 0 saturated carbocycles. The van der Waals surface area contributed by atoms with Crippen molar-refractivity contribution in [3.63, 3.8) is 0 Å². The molecule has 0 unspecified atom stereocenters. The Balaban J connectivity index is 2.68. The summed E-state index contributed by atoms with van der Waals surface area (Å²) in [5.74, 6) is 0.403. The highest BCUT2D eigenvalue weighted by Gasteiger charge is 2.22. The molecular formula is C12H17NO4S. The minimum absolute atomic E-state index is 0.116. The summed E-state index contributed by atoms with van der Waals surface area (Å²) in [7, 11) is 0. The van der Waals surface area contributed by atoms with E-state index in [4.69, 9.17) is 4.74 Å². The molecule has 0 aliphatic rings. The first-order valence-corrected chi connectivity index (χ1v) is 6.65. The molecule has 0 aliphatic carbocycles. The van der Waals surface area contributed by atoms with Crippen molar-refractivity contribution in [2.75, 3.05) is 6.61 Å². The van der Waals surface area contributed by atoms with Gasteiger partial charge in [0.25, 0.3) is 5.06 Å². The molecule has 6 heteroatoms. The van der Waals surface area contributed by atoms with Gasteiger partial charge in [-0.15, -0.1) is 0 Å². The fourth-order valence-electron chi connectivity index (χ4n) is 1.43. The summed E-state index contributed by atoms with van der Waals surface area (Å²) >= 11 is 1.04. The van der Waals surface area contributed by atoms with E-state index >= 15 is 0 Å². The van der Waals surface area contributed by atoms with Crippen molar-refractivity contribution in [3.8, 4) is 5.06 Å². The maximum Gasteiger partial charge on any atom is 0.323 e. The van der Waals surface area contributed by atoms with Gasteiger partial charge in [0.1, 0.15) is 0 Å². The SMILES string of the molecule is CC(=O)c1cc([N+](=O)[O-])c(OCCCC(C)C)s1. The summed E-state index contributed by atoms with van der Waals surface area (Å²) in [6, 6.07) is 1.28. The molecule has 0 radical (unpaired) electrons. The van der Waals surface area contributed by atoms with Crippen LogP contribution in [0.2, 0.25) is 0 Å². The predicted molar refractivity (Wildman–Crippen MR) is 70.5 cm³/mol. The lowest BCUT2D eigenvalue weighted by Crippen LogP contribution is -2.00. The van der Waals surface area contributed by atoms with Crippen LogP contribution in [0.3, 0.4) is 0 Å². The Morgan fingerprint density at radius 2 is 2.22 bits per heavy atom. The molecule has 0 N–H and O–H groups in total. The van der Waals surface area contributed by atoms with Gasteiger partial charge in [0.2, 0.25) is 0 Å². The van der Waals surface area contributed by atoms with Crippen molar-refractivity contribution in [3.05, 3.63) is 21.1 Å². The van der Waals surface area contributed by atoms with Gasteiger partial charge in [-0.2, -0.15) is 0 Å². The van der Waals surface area contributed by atoms with E-state index in [0.29, 0.717) is 17.4 Å². The van der Waals surface area contributed by atoms with E-state index in [-0.39, 0.29) is 16.5 Å². The molecular weight excluding hydrogens is 254 g/mol. The first kappa shape index (κ1) is 14.6. The smallest absolute Gasteiger partial charge is 0.323 e.